The van der Waals surface area contributed by atoms with Crippen LogP contribution in [0.4, 0.5) is 18.9 Å². The van der Waals surface area contributed by atoms with E-state index in [0.29, 0.717) is 17.8 Å². The summed E-state index contributed by atoms with van der Waals surface area (Å²) in [7, 11) is 1.63. The first-order chi connectivity index (χ1) is 12.6. The Morgan fingerprint density at radius 1 is 1.26 bits per heavy atom. The number of amides is 1. The van der Waals surface area contributed by atoms with E-state index in [1.165, 1.54) is 4.68 Å². The van der Waals surface area contributed by atoms with Gasteiger partial charge in [0.05, 0.1) is 29.1 Å². The van der Waals surface area contributed by atoms with Crippen LogP contribution in [0.1, 0.15) is 40.7 Å². The van der Waals surface area contributed by atoms with Crippen molar-refractivity contribution in [3.05, 3.63) is 40.7 Å². The number of anilines is 1. The van der Waals surface area contributed by atoms with Crippen LogP contribution in [0, 0.1) is 13.8 Å². The summed E-state index contributed by atoms with van der Waals surface area (Å²) in [6, 6.07) is 2.73. The molecule has 0 aliphatic heterocycles. The van der Waals surface area contributed by atoms with E-state index in [4.69, 9.17) is 4.74 Å². The van der Waals surface area contributed by atoms with Crippen molar-refractivity contribution in [1.82, 2.24) is 9.78 Å². The lowest BCUT2D eigenvalue weighted by Gasteiger charge is -2.15. The molecule has 9 heteroatoms. The molecule has 0 unspecified atom stereocenters. The lowest BCUT2D eigenvalue weighted by atomic mass is 10.1. The summed E-state index contributed by atoms with van der Waals surface area (Å²) in [4.78, 5) is 24.9. The number of Topliss-reactive ketones (excluding diaryl/α,β-unsaturated/α-hetero) is 1. The molecule has 0 atom stereocenters. The van der Waals surface area contributed by atoms with Gasteiger partial charge in [-0.25, -0.2) is 0 Å². The Balaban J connectivity index is 2.35. The molecule has 1 aromatic carbocycles. The van der Waals surface area contributed by atoms with Crippen molar-refractivity contribution in [2.24, 2.45) is 7.05 Å². The van der Waals surface area contributed by atoms with E-state index in [2.05, 4.69) is 10.4 Å². The number of aryl methyl sites for hydroxylation is 2. The predicted molar refractivity (Wildman–Crippen MR) is 92.9 cm³/mol. The minimum Gasteiger partial charge on any atom is -0.491 e. The first-order valence-electron chi connectivity index (χ1n) is 8.26. The van der Waals surface area contributed by atoms with Gasteiger partial charge in [0, 0.05) is 12.7 Å². The fraction of sp³-hybridized carbons (Fsp3) is 0.389. The van der Waals surface area contributed by atoms with Gasteiger partial charge in [-0.05, 0) is 38.5 Å². The van der Waals surface area contributed by atoms with Gasteiger partial charge in [0.2, 0.25) is 0 Å². The highest BCUT2D eigenvalue weighted by Gasteiger charge is 2.32. The van der Waals surface area contributed by atoms with Gasteiger partial charge >= 0.3 is 6.18 Å². The van der Waals surface area contributed by atoms with E-state index >= 15 is 0 Å². The molecule has 1 heterocycles. The molecule has 0 bridgehead atoms. The first-order valence-corrected chi connectivity index (χ1v) is 8.26. The van der Waals surface area contributed by atoms with Crippen molar-refractivity contribution < 1.29 is 27.5 Å². The Labute approximate surface area is 154 Å². The number of carbonyl (C=O) groups is 2. The molecule has 1 amide bonds. The van der Waals surface area contributed by atoms with Crippen molar-refractivity contribution in [1.29, 1.82) is 0 Å². The minimum absolute atomic E-state index is 0.0608. The second-order valence-electron chi connectivity index (χ2n) is 6.01. The number of aromatic nitrogens is 2. The SMILES string of the molecule is CCCOc1ccc(C(F)(F)F)cc1NC(=O)C(=O)c1c(C)nn(C)c1C. The highest BCUT2D eigenvalue weighted by molar-refractivity contribution is 6.47. The fourth-order valence-corrected chi connectivity index (χ4v) is 2.54. The van der Waals surface area contributed by atoms with Gasteiger partial charge in [-0.2, -0.15) is 18.3 Å². The molecule has 0 saturated heterocycles. The lowest BCUT2D eigenvalue weighted by Crippen LogP contribution is -2.24. The van der Waals surface area contributed by atoms with Crippen LogP contribution in [0.2, 0.25) is 0 Å². The largest absolute Gasteiger partial charge is 0.491 e. The van der Waals surface area contributed by atoms with Crippen LogP contribution in [0.3, 0.4) is 0 Å². The number of rotatable bonds is 6. The molecule has 1 N–H and O–H groups in total. The summed E-state index contributed by atoms with van der Waals surface area (Å²) in [5.74, 6) is -1.88. The average Bonchev–Trinajstić information content (AvgIpc) is 2.84. The van der Waals surface area contributed by atoms with Gasteiger partial charge in [-0.3, -0.25) is 14.3 Å². The lowest BCUT2D eigenvalue weighted by molar-refractivity contribution is -0.137. The van der Waals surface area contributed by atoms with Crippen molar-refractivity contribution in [3.8, 4) is 5.75 Å². The number of alkyl halides is 3. The highest BCUT2D eigenvalue weighted by atomic mass is 19.4. The molecule has 0 spiro atoms. The van der Waals surface area contributed by atoms with Crippen molar-refractivity contribution in [2.45, 2.75) is 33.4 Å². The van der Waals surface area contributed by atoms with E-state index in [0.717, 1.165) is 18.2 Å². The summed E-state index contributed by atoms with van der Waals surface area (Å²) in [6.07, 6.45) is -3.97. The number of carbonyl (C=O) groups excluding carboxylic acids is 2. The quantitative estimate of drug-likeness (QED) is 0.610. The van der Waals surface area contributed by atoms with E-state index in [1.807, 2.05) is 6.92 Å². The normalized spacial score (nSPS) is 11.4. The molecule has 0 aliphatic carbocycles. The number of nitrogens with zero attached hydrogens (tertiary/aromatic N) is 2. The Hall–Kier alpha value is -2.84. The molecule has 0 aliphatic rings. The monoisotopic (exact) mass is 383 g/mol. The Morgan fingerprint density at radius 3 is 2.44 bits per heavy atom. The van der Waals surface area contributed by atoms with Crippen LogP contribution in [0.5, 0.6) is 5.75 Å². The number of halogens is 3. The van der Waals surface area contributed by atoms with E-state index in [-0.39, 0.29) is 23.6 Å². The molecule has 0 saturated carbocycles. The van der Waals surface area contributed by atoms with Crippen LogP contribution >= 0.6 is 0 Å². The summed E-state index contributed by atoms with van der Waals surface area (Å²) in [6.45, 7) is 5.29. The smallest absolute Gasteiger partial charge is 0.416 e. The number of ketones is 1. The Kier molecular flexibility index (Phi) is 5.92. The predicted octanol–water partition coefficient (Wildman–Crippen LogP) is 3.67. The van der Waals surface area contributed by atoms with E-state index < -0.39 is 23.4 Å². The van der Waals surface area contributed by atoms with Crippen molar-refractivity contribution >= 4 is 17.4 Å². The van der Waals surface area contributed by atoms with Gasteiger partial charge in [-0.1, -0.05) is 6.92 Å². The zero-order chi connectivity index (χ0) is 20.4. The summed E-state index contributed by atoms with van der Waals surface area (Å²) < 4.78 is 45.8. The molecule has 27 heavy (non-hydrogen) atoms. The maximum Gasteiger partial charge on any atom is 0.416 e. The second kappa shape index (κ2) is 7.81. The average molecular weight is 383 g/mol. The van der Waals surface area contributed by atoms with Gasteiger partial charge < -0.3 is 10.1 Å². The van der Waals surface area contributed by atoms with Gasteiger partial charge in [0.25, 0.3) is 11.7 Å². The Bertz CT molecular complexity index is 873. The third-order valence-corrected chi connectivity index (χ3v) is 3.96. The van der Waals surface area contributed by atoms with Crippen LogP contribution in [0.15, 0.2) is 18.2 Å². The number of hydrogen-bond acceptors (Lipinski definition) is 4. The van der Waals surface area contributed by atoms with Crippen molar-refractivity contribution in [2.75, 3.05) is 11.9 Å². The molecule has 6 nitrogen and oxygen atoms in total. The standard InChI is InChI=1S/C18H20F3N3O3/c1-5-8-27-14-7-6-12(18(19,20)21)9-13(14)22-17(26)16(25)15-10(2)23-24(4)11(15)3/h6-7,9H,5,8H2,1-4H3,(H,22,26). The van der Waals surface area contributed by atoms with Crippen LogP contribution in [-0.2, 0) is 18.0 Å². The van der Waals surface area contributed by atoms with Crippen LogP contribution in [-0.4, -0.2) is 28.1 Å². The van der Waals surface area contributed by atoms with Crippen LogP contribution in [0.25, 0.3) is 0 Å². The first kappa shape index (κ1) is 20.5. The van der Waals surface area contributed by atoms with Gasteiger partial charge in [-0.15, -0.1) is 0 Å². The zero-order valence-corrected chi connectivity index (χ0v) is 15.4. The maximum absolute atomic E-state index is 13.0. The molecular weight excluding hydrogens is 363 g/mol. The third-order valence-electron chi connectivity index (χ3n) is 3.96. The molecule has 2 rings (SSSR count). The molecular formula is C18H20F3N3O3. The third kappa shape index (κ3) is 4.47. The summed E-state index contributed by atoms with van der Waals surface area (Å²) in [5, 5.41) is 6.31. The fourth-order valence-electron chi connectivity index (χ4n) is 2.54. The van der Waals surface area contributed by atoms with Crippen molar-refractivity contribution in [3.63, 3.8) is 0 Å². The Morgan fingerprint density at radius 2 is 1.93 bits per heavy atom. The van der Waals surface area contributed by atoms with E-state index in [1.54, 1.807) is 20.9 Å². The highest BCUT2D eigenvalue weighted by Crippen LogP contribution is 2.35. The summed E-state index contributed by atoms with van der Waals surface area (Å²) in [5.41, 5.74) is -0.197. The number of nitrogens with one attached hydrogen (secondary N) is 1. The van der Waals surface area contributed by atoms with E-state index in [9.17, 15) is 22.8 Å². The van der Waals surface area contributed by atoms with Gasteiger partial charge in [0.1, 0.15) is 5.75 Å². The molecule has 2 aromatic rings. The summed E-state index contributed by atoms with van der Waals surface area (Å²) >= 11 is 0. The number of ether oxygens (including phenoxy) is 1. The molecule has 1 aromatic heterocycles. The maximum atomic E-state index is 13.0. The minimum atomic E-state index is -4.59. The zero-order valence-electron chi connectivity index (χ0n) is 15.4. The molecule has 146 valence electrons. The second-order valence-corrected chi connectivity index (χ2v) is 6.01. The molecule has 0 fully saturated rings. The van der Waals surface area contributed by atoms with Gasteiger partial charge in [0.15, 0.2) is 0 Å². The number of hydrogen-bond donors (Lipinski definition) is 1. The topological polar surface area (TPSA) is 73.2 Å². The van der Waals surface area contributed by atoms with Crippen LogP contribution < -0.4 is 10.1 Å². The number of benzene rings is 1. The molecule has 0 radical (unpaired) electrons.